The van der Waals surface area contributed by atoms with Gasteiger partial charge in [-0.3, -0.25) is 14.8 Å². The van der Waals surface area contributed by atoms with Crippen molar-refractivity contribution in [2.45, 2.75) is 37.8 Å². The molecule has 0 bridgehead atoms. The van der Waals surface area contributed by atoms with E-state index in [-0.39, 0.29) is 29.3 Å². The molecule has 8 nitrogen and oxygen atoms in total. The number of carbonyl (C=O) groups is 1. The average molecular weight is 472 g/mol. The minimum absolute atomic E-state index is 0.0346. The lowest BCUT2D eigenvalue weighted by molar-refractivity contribution is 0.100. The maximum atomic E-state index is 14.8. The zero-order valence-electron chi connectivity index (χ0n) is 19.0. The Morgan fingerprint density at radius 2 is 1.83 bits per heavy atom. The van der Waals surface area contributed by atoms with Crippen LogP contribution in [0.5, 0.6) is 0 Å². The van der Waals surface area contributed by atoms with Crippen molar-refractivity contribution in [1.29, 1.82) is 0 Å². The predicted octanol–water partition coefficient (Wildman–Crippen LogP) is 4.36. The number of rotatable bonds is 6. The van der Waals surface area contributed by atoms with E-state index in [0.717, 1.165) is 48.2 Å². The van der Waals surface area contributed by atoms with Gasteiger partial charge in [-0.25, -0.2) is 9.37 Å². The van der Waals surface area contributed by atoms with E-state index in [1.807, 2.05) is 36.4 Å². The zero-order valence-corrected chi connectivity index (χ0v) is 19.0. The second-order valence-corrected chi connectivity index (χ2v) is 8.71. The Bertz CT molecular complexity index is 1390. The second kappa shape index (κ2) is 9.63. The number of primary amides is 1. The summed E-state index contributed by atoms with van der Waals surface area (Å²) in [5.74, 6) is -1.25. The van der Waals surface area contributed by atoms with Gasteiger partial charge in [-0.05, 0) is 37.1 Å². The monoisotopic (exact) mass is 471 g/mol. The molecular weight excluding hydrogens is 445 g/mol. The van der Waals surface area contributed by atoms with Crippen LogP contribution in [-0.2, 0) is 0 Å². The highest BCUT2D eigenvalue weighted by molar-refractivity contribution is 5.99. The molecule has 35 heavy (non-hydrogen) atoms. The lowest BCUT2D eigenvalue weighted by Crippen LogP contribution is -2.43. The SMILES string of the molecule is NC(=O)c1cc(F)c(NC2CCCCC2N)nc1Nc1ccnc(-c2cccc3cccnc23)c1. The van der Waals surface area contributed by atoms with E-state index in [0.29, 0.717) is 11.4 Å². The molecule has 0 saturated heterocycles. The topological polar surface area (TPSA) is 132 Å². The molecule has 5 rings (SSSR count). The Morgan fingerprint density at radius 3 is 2.66 bits per heavy atom. The van der Waals surface area contributed by atoms with Gasteiger partial charge in [0, 0.05) is 41.1 Å². The summed E-state index contributed by atoms with van der Waals surface area (Å²) in [6.45, 7) is 0. The van der Waals surface area contributed by atoms with Gasteiger partial charge in [0.2, 0.25) is 0 Å². The van der Waals surface area contributed by atoms with Crippen molar-refractivity contribution in [3.05, 3.63) is 72.3 Å². The largest absolute Gasteiger partial charge is 0.365 e. The fourth-order valence-corrected chi connectivity index (χ4v) is 4.49. The lowest BCUT2D eigenvalue weighted by Gasteiger charge is -2.30. The summed E-state index contributed by atoms with van der Waals surface area (Å²) in [5.41, 5.74) is 14.7. The number of hydrogen-bond donors (Lipinski definition) is 4. The number of benzene rings is 1. The molecule has 9 heteroatoms. The van der Waals surface area contributed by atoms with Crippen LogP contribution in [-0.4, -0.2) is 32.9 Å². The van der Waals surface area contributed by atoms with Crippen molar-refractivity contribution in [3.8, 4) is 11.3 Å². The maximum absolute atomic E-state index is 14.8. The van der Waals surface area contributed by atoms with E-state index in [4.69, 9.17) is 11.5 Å². The van der Waals surface area contributed by atoms with Gasteiger partial charge in [0.25, 0.3) is 5.91 Å². The first kappa shape index (κ1) is 22.7. The molecule has 4 aromatic rings. The Hall–Kier alpha value is -4.11. The number of halogens is 1. The Morgan fingerprint density at radius 1 is 1.00 bits per heavy atom. The van der Waals surface area contributed by atoms with Crippen LogP contribution < -0.4 is 22.1 Å². The van der Waals surface area contributed by atoms with E-state index in [1.54, 1.807) is 18.5 Å². The molecule has 3 heterocycles. The lowest BCUT2D eigenvalue weighted by atomic mass is 9.91. The molecule has 1 aliphatic rings. The first-order valence-corrected chi connectivity index (χ1v) is 11.6. The number of aromatic nitrogens is 3. The third-order valence-electron chi connectivity index (χ3n) is 6.31. The molecular formula is C26H26FN7O. The van der Waals surface area contributed by atoms with Crippen LogP contribution in [0.1, 0.15) is 36.0 Å². The normalized spacial score (nSPS) is 17.8. The Balaban J connectivity index is 1.49. The van der Waals surface area contributed by atoms with Crippen molar-refractivity contribution in [2.75, 3.05) is 10.6 Å². The molecule has 1 amide bonds. The van der Waals surface area contributed by atoms with Crippen molar-refractivity contribution >= 4 is 34.1 Å². The molecule has 2 atom stereocenters. The Kier molecular flexibility index (Phi) is 6.24. The summed E-state index contributed by atoms with van der Waals surface area (Å²) < 4.78 is 14.8. The van der Waals surface area contributed by atoms with Gasteiger partial charge in [-0.1, -0.05) is 37.1 Å². The first-order valence-electron chi connectivity index (χ1n) is 11.6. The summed E-state index contributed by atoms with van der Waals surface area (Å²) in [7, 11) is 0. The summed E-state index contributed by atoms with van der Waals surface area (Å²) in [6, 6.07) is 14.2. The van der Waals surface area contributed by atoms with Crippen molar-refractivity contribution in [3.63, 3.8) is 0 Å². The third-order valence-corrected chi connectivity index (χ3v) is 6.31. The number of amides is 1. The van der Waals surface area contributed by atoms with Gasteiger partial charge in [0.05, 0.1) is 16.8 Å². The summed E-state index contributed by atoms with van der Waals surface area (Å²) >= 11 is 0. The molecule has 0 spiro atoms. The van der Waals surface area contributed by atoms with Crippen LogP contribution in [0.15, 0.2) is 60.9 Å². The van der Waals surface area contributed by atoms with Crippen LogP contribution in [0.25, 0.3) is 22.2 Å². The minimum atomic E-state index is -0.785. The van der Waals surface area contributed by atoms with Crippen molar-refractivity contribution in [2.24, 2.45) is 11.5 Å². The van der Waals surface area contributed by atoms with Crippen LogP contribution in [0.3, 0.4) is 0 Å². The number of pyridine rings is 3. The summed E-state index contributed by atoms with van der Waals surface area (Å²) in [5, 5.41) is 7.24. The molecule has 1 saturated carbocycles. The Labute approximate surface area is 202 Å². The van der Waals surface area contributed by atoms with Crippen LogP contribution in [0.4, 0.5) is 21.7 Å². The molecule has 1 fully saturated rings. The molecule has 1 aliphatic carbocycles. The number of nitrogens with one attached hydrogen (secondary N) is 2. The van der Waals surface area contributed by atoms with Gasteiger partial charge in [-0.2, -0.15) is 0 Å². The molecule has 2 unspecified atom stereocenters. The average Bonchev–Trinajstić information content (AvgIpc) is 2.87. The van der Waals surface area contributed by atoms with Crippen LogP contribution in [0, 0.1) is 5.82 Å². The standard InChI is InChI=1S/C26H26FN7O/c27-19-14-18(24(29)35)25(34-26(19)33-21-9-2-1-8-20(21)28)32-16-10-12-30-22(13-16)17-7-3-5-15-6-4-11-31-23(15)17/h3-7,10-14,20-21H,1-2,8-9,28H2,(H2,29,35)(H2,30,32,33,34). The quantitative estimate of drug-likeness (QED) is 0.329. The smallest absolute Gasteiger partial charge is 0.252 e. The zero-order chi connectivity index (χ0) is 24.4. The summed E-state index contributed by atoms with van der Waals surface area (Å²) in [4.78, 5) is 25.4. The number of nitrogens with zero attached hydrogens (tertiary/aromatic N) is 3. The number of nitrogens with two attached hydrogens (primary N) is 2. The fraction of sp³-hybridized carbons (Fsp3) is 0.231. The fourth-order valence-electron chi connectivity index (χ4n) is 4.49. The number of fused-ring (bicyclic) bond motifs is 1. The van der Waals surface area contributed by atoms with Gasteiger partial charge in [-0.15, -0.1) is 0 Å². The van der Waals surface area contributed by atoms with Crippen LogP contribution >= 0.6 is 0 Å². The van der Waals surface area contributed by atoms with Gasteiger partial charge in [0.1, 0.15) is 5.82 Å². The van der Waals surface area contributed by atoms with Crippen molar-refractivity contribution in [1.82, 2.24) is 15.0 Å². The highest BCUT2D eigenvalue weighted by Crippen LogP contribution is 2.30. The van der Waals surface area contributed by atoms with Gasteiger partial charge >= 0.3 is 0 Å². The van der Waals surface area contributed by atoms with E-state index >= 15 is 0 Å². The maximum Gasteiger partial charge on any atom is 0.252 e. The highest BCUT2D eigenvalue weighted by Gasteiger charge is 2.24. The number of anilines is 3. The first-order chi connectivity index (χ1) is 17.0. The van der Waals surface area contributed by atoms with E-state index < -0.39 is 11.7 Å². The van der Waals surface area contributed by atoms with E-state index in [1.165, 1.54) is 0 Å². The second-order valence-electron chi connectivity index (χ2n) is 8.71. The van der Waals surface area contributed by atoms with Crippen LogP contribution in [0.2, 0.25) is 0 Å². The highest BCUT2D eigenvalue weighted by atomic mass is 19.1. The molecule has 178 valence electrons. The number of hydrogen-bond acceptors (Lipinski definition) is 7. The number of para-hydroxylation sites is 1. The van der Waals surface area contributed by atoms with Crippen molar-refractivity contribution < 1.29 is 9.18 Å². The third kappa shape index (κ3) is 4.76. The number of carbonyl (C=O) groups excluding carboxylic acids is 1. The predicted molar refractivity (Wildman–Crippen MR) is 135 cm³/mol. The van der Waals surface area contributed by atoms with Gasteiger partial charge in [0.15, 0.2) is 11.6 Å². The molecule has 0 aliphatic heterocycles. The molecule has 3 aromatic heterocycles. The van der Waals surface area contributed by atoms with Gasteiger partial charge < -0.3 is 22.1 Å². The summed E-state index contributed by atoms with van der Waals surface area (Å²) in [6.07, 6.45) is 7.15. The molecule has 0 radical (unpaired) electrons. The van der Waals surface area contributed by atoms with E-state index in [9.17, 15) is 9.18 Å². The van der Waals surface area contributed by atoms with E-state index in [2.05, 4.69) is 25.6 Å². The minimum Gasteiger partial charge on any atom is -0.365 e. The molecule has 1 aromatic carbocycles. The molecule has 6 N–H and O–H groups in total.